The molecule has 0 aromatic heterocycles. The summed E-state index contributed by atoms with van der Waals surface area (Å²) < 4.78 is 0. The van der Waals surface area contributed by atoms with Crippen LogP contribution >= 0.6 is 12.2 Å². The van der Waals surface area contributed by atoms with E-state index in [1.54, 1.807) is 0 Å². The number of anilines is 2. The molecule has 4 aliphatic carbocycles. The molecule has 4 bridgehead atoms. The molecule has 7 rings (SSSR count). The highest BCUT2D eigenvalue weighted by Crippen LogP contribution is 2.61. The third kappa shape index (κ3) is 5.44. The maximum Gasteiger partial charge on any atom is 0.253 e. The number of rotatable bonds is 5. The number of hydrogen-bond donors (Lipinski definition) is 2. The Balaban J connectivity index is 0.971. The summed E-state index contributed by atoms with van der Waals surface area (Å²) in [6.07, 6.45) is 8.44. The molecule has 2 aromatic carbocycles. The maximum atomic E-state index is 12.9. The lowest BCUT2D eigenvalue weighted by Gasteiger charge is -2.56. The highest BCUT2D eigenvalue weighted by atomic mass is 32.1. The summed E-state index contributed by atoms with van der Waals surface area (Å²) in [6.45, 7) is 5.02. The Morgan fingerprint density at radius 2 is 1.45 bits per heavy atom. The van der Waals surface area contributed by atoms with Crippen LogP contribution in [0.4, 0.5) is 11.4 Å². The Hall–Kier alpha value is -2.93. The lowest BCUT2D eigenvalue weighted by molar-refractivity contribution is -0.127. The summed E-state index contributed by atoms with van der Waals surface area (Å²) in [5, 5.41) is 6.50. The molecule has 5 aliphatic rings. The smallest absolute Gasteiger partial charge is 0.253 e. The van der Waals surface area contributed by atoms with Gasteiger partial charge >= 0.3 is 0 Å². The molecule has 4 saturated carbocycles. The van der Waals surface area contributed by atoms with Crippen molar-refractivity contribution >= 4 is 40.5 Å². The predicted octanol–water partition coefficient (Wildman–Crippen LogP) is 5.38. The summed E-state index contributed by atoms with van der Waals surface area (Å²) in [6, 6.07) is 15.9. The van der Waals surface area contributed by atoms with E-state index in [-0.39, 0.29) is 17.2 Å². The molecule has 5 fully saturated rings. The molecule has 7 heteroatoms. The van der Waals surface area contributed by atoms with Gasteiger partial charge < -0.3 is 20.4 Å². The van der Waals surface area contributed by atoms with Gasteiger partial charge in [-0.05, 0) is 117 Å². The van der Waals surface area contributed by atoms with Crippen molar-refractivity contribution < 1.29 is 9.59 Å². The van der Waals surface area contributed by atoms with Crippen LogP contribution in [0.1, 0.15) is 60.9 Å². The van der Waals surface area contributed by atoms with Gasteiger partial charge in [0.1, 0.15) is 0 Å². The third-order valence-electron chi connectivity index (χ3n) is 9.31. The minimum Gasteiger partial charge on any atom is -0.368 e. The average molecular weight is 531 g/mol. The van der Waals surface area contributed by atoms with Gasteiger partial charge in [-0.25, -0.2) is 0 Å². The number of nitrogens with zero attached hydrogens (tertiary/aromatic N) is 2. The van der Waals surface area contributed by atoms with Gasteiger partial charge in [0.2, 0.25) is 5.91 Å². The molecular formula is C31H38N4O2S. The van der Waals surface area contributed by atoms with Crippen molar-refractivity contribution in [3.8, 4) is 0 Å². The number of nitrogens with one attached hydrogen (secondary N) is 2. The van der Waals surface area contributed by atoms with Crippen molar-refractivity contribution in [2.45, 2.75) is 51.9 Å². The highest BCUT2D eigenvalue weighted by molar-refractivity contribution is 7.80. The van der Waals surface area contributed by atoms with E-state index in [0.717, 1.165) is 53.3 Å². The largest absolute Gasteiger partial charge is 0.368 e. The number of benzene rings is 2. The van der Waals surface area contributed by atoms with Crippen LogP contribution in [0.2, 0.25) is 0 Å². The molecule has 0 spiro atoms. The number of carbonyl (C=O) groups excluding carboxylic acids is 2. The normalized spacial score (nSPS) is 27.8. The molecular weight excluding hydrogens is 492 g/mol. The fraction of sp³-hybridized carbons (Fsp3) is 0.516. The summed E-state index contributed by atoms with van der Waals surface area (Å²) in [5.74, 6) is 2.68. The van der Waals surface area contributed by atoms with Gasteiger partial charge in [-0.3, -0.25) is 9.59 Å². The summed E-state index contributed by atoms with van der Waals surface area (Å²) >= 11 is 5.47. The second-order valence-corrected chi connectivity index (χ2v) is 12.7. The molecule has 1 aliphatic heterocycles. The van der Waals surface area contributed by atoms with Gasteiger partial charge in [0.25, 0.3) is 5.91 Å². The number of carbonyl (C=O) groups is 2. The number of aryl methyl sites for hydroxylation is 1. The second-order valence-electron chi connectivity index (χ2n) is 12.3. The van der Waals surface area contributed by atoms with Crippen LogP contribution in [0, 0.1) is 30.1 Å². The Morgan fingerprint density at radius 3 is 2.03 bits per heavy atom. The standard InChI is InChI=1S/C31H38N4O2S/c1-21-2-4-25(5-3-21)29(37)35-12-10-34(11-13-35)27-8-6-26(7-9-27)32-30(38)33-28(36)20-31-17-22-14-23(18-31)16-24(15-22)19-31/h2-9,22-24H,10-20H2,1H3,(H2,32,33,36,38). The van der Waals surface area contributed by atoms with Gasteiger partial charge in [0, 0.05) is 49.5 Å². The monoisotopic (exact) mass is 530 g/mol. The lowest BCUT2D eigenvalue weighted by Crippen LogP contribution is -2.48. The van der Waals surface area contributed by atoms with Gasteiger partial charge in [0.05, 0.1) is 0 Å². The van der Waals surface area contributed by atoms with Gasteiger partial charge in [-0.1, -0.05) is 17.7 Å². The van der Waals surface area contributed by atoms with Crippen LogP contribution in [0.15, 0.2) is 48.5 Å². The van der Waals surface area contributed by atoms with E-state index >= 15 is 0 Å². The van der Waals surface area contributed by atoms with Gasteiger partial charge in [-0.15, -0.1) is 0 Å². The van der Waals surface area contributed by atoms with Crippen LogP contribution in [-0.2, 0) is 4.79 Å². The molecule has 1 saturated heterocycles. The van der Waals surface area contributed by atoms with Crippen molar-refractivity contribution in [1.82, 2.24) is 10.2 Å². The molecule has 0 radical (unpaired) electrons. The van der Waals surface area contributed by atoms with Crippen molar-refractivity contribution in [1.29, 1.82) is 0 Å². The van der Waals surface area contributed by atoms with Crippen molar-refractivity contribution in [3.05, 3.63) is 59.7 Å². The minimum atomic E-state index is 0.0547. The highest BCUT2D eigenvalue weighted by Gasteiger charge is 2.51. The number of thiocarbonyl (C=S) groups is 1. The quantitative estimate of drug-likeness (QED) is 0.509. The van der Waals surface area contributed by atoms with E-state index in [1.807, 2.05) is 48.2 Å². The average Bonchev–Trinajstić information content (AvgIpc) is 2.88. The first-order valence-corrected chi connectivity index (χ1v) is 14.6. The van der Waals surface area contributed by atoms with E-state index in [9.17, 15) is 9.59 Å². The topological polar surface area (TPSA) is 64.7 Å². The molecule has 0 unspecified atom stereocenters. The zero-order chi connectivity index (χ0) is 26.3. The van der Waals surface area contributed by atoms with E-state index in [2.05, 4.69) is 27.7 Å². The fourth-order valence-corrected chi connectivity index (χ4v) is 8.21. The van der Waals surface area contributed by atoms with Gasteiger partial charge in [0.15, 0.2) is 5.11 Å². The van der Waals surface area contributed by atoms with E-state index in [0.29, 0.717) is 24.6 Å². The zero-order valence-electron chi connectivity index (χ0n) is 22.2. The summed E-state index contributed by atoms with van der Waals surface area (Å²) in [4.78, 5) is 29.9. The first-order valence-electron chi connectivity index (χ1n) is 14.2. The maximum absolute atomic E-state index is 12.9. The molecule has 6 nitrogen and oxygen atoms in total. The third-order valence-corrected chi connectivity index (χ3v) is 9.51. The molecule has 2 N–H and O–H groups in total. The molecule has 2 amide bonds. The van der Waals surface area contributed by atoms with Crippen LogP contribution in [0.5, 0.6) is 0 Å². The lowest BCUT2D eigenvalue weighted by atomic mass is 9.49. The van der Waals surface area contributed by atoms with Crippen LogP contribution in [-0.4, -0.2) is 48.0 Å². The number of piperazine rings is 1. The zero-order valence-corrected chi connectivity index (χ0v) is 23.1. The molecule has 2 aromatic rings. The van der Waals surface area contributed by atoms with Crippen molar-refractivity contribution in [2.24, 2.45) is 23.2 Å². The first-order chi connectivity index (χ1) is 18.3. The summed E-state index contributed by atoms with van der Waals surface area (Å²) in [5.41, 5.74) is 4.10. The Bertz CT molecular complexity index is 1170. The summed E-state index contributed by atoms with van der Waals surface area (Å²) in [7, 11) is 0. The molecule has 200 valence electrons. The van der Waals surface area contributed by atoms with E-state index in [1.165, 1.54) is 38.5 Å². The molecule has 0 atom stereocenters. The molecule has 38 heavy (non-hydrogen) atoms. The van der Waals surface area contributed by atoms with Crippen molar-refractivity contribution in [3.63, 3.8) is 0 Å². The SMILES string of the molecule is Cc1ccc(C(=O)N2CCN(c3ccc(NC(=S)NC(=O)CC45CC6CC(CC(C6)C4)C5)cc3)CC2)cc1. The van der Waals surface area contributed by atoms with Gasteiger partial charge in [-0.2, -0.15) is 0 Å². The Labute approximate surface area is 231 Å². The fourth-order valence-electron chi connectivity index (χ4n) is 7.98. The number of hydrogen-bond acceptors (Lipinski definition) is 4. The van der Waals surface area contributed by atoms with Crippen LogP contribution in [0.3, 0.4) is 0 Å². The Morgan fingerprint density at radius 1 is 0.868 bits per heavy atom. The second kappa shape index (κ2) is 10.3. The number of amides is 2. The van der Waals surface area contributed by atoms with Crippen molar-refractivity contribution in [2.75, 3.05) is 36.4 Å². The van der Waals surface area contributed by atoms with Crippen LogP contribution in [0.25, 0.3) is 0 Å². The van der Waals surface area contributed by atoms with E-state index in [4.69, 9.17) is 12.2 Å². The predicted molar refractivity (Wildman–Crippen MR) is 155 cm³/mol. The Kier molecular flexibility index (Phi) is 6.89. The minimum absolute atomic E-state index is 0.0547. The van der Waals surface area contributed by atoms with E-state index < -0.39 is 0 Å². The molecule has 1 heterocycles. The first kappa shape index (κ1) is 25.4. The van der Waals surface area contributed by atoms with Crippen LogP contribution < -0.4 is 15.5 Å².